The summed E-state index contributed by atoms with van der Waals surface area (Å²) >= 11 is 3.54. The van der Waals surface area contributed by atoms with Crippen LogP contribution in [0, 0.1) is 0 Å². The minimum absolute atomic E-state index is 0.0490. The van der Waals surface area contributed by atoms with Crippen molar-refractivity contribution in [2.45, 2.75) is 18.1 Å². The summed E-state index contributed by atoms with van der Waals surface area (Å²) in [6.45, 7) is 4.30. The molecular formula is C11H16O4S2. The molecule has 1 heterocycles. The van der Waals surface area contributed by atoms with Gasteiger partial charge in [0.1, 0.15) is 6.61 Å². The maximum Gasteiger partial charge on any atom is 0.306 e. The lowest BCUT2D eigenvalue weighted by Gasteiger charge is -2.12. The maximum absolute atomic E-state index is 11.2. The molecule has 0 aliphatic carbocycles. The van der Waals surface area contributed by atoms with Crippen LogP contribution < -0.4 is 0 Å². The fourth-order valence-corrected chi connectivity index (χ4v) is 3.63. The smallest absolute Gasteiger partial charge is 0.306 e. The van der Waals surface area contributed by atoms with Gasteiger partial charge in [0, 0.05) is 22.5 Å². The number of thioether (sulfide) groups is 2. The summed E-state index contributed by atoms with van der Waals surface area (Å²) in [4.78, 5) is 21.5. The minimum Gasteiger partial charge on any atom is -0.481 e. The summed E-state index contributed by atoms with van der Waals surface area (Å²) in [5.74, 6) is 1.41. The molecule has 1 saturated heterocycles. The summed E-state index contributed by atoms with van der Waals surface area (Å²) in [7, 11) is 0. The lowest BCUT2D eigenvalue weighted by atomic mass is 10.3. The average molecular weight is 276 g/mol. The van der Waals surface area contributed by atoms with Crippen molar-refractivity contribution in [3.63, 3.8) is 0 Å². The van der Waals surface area contributed by atoms with Gasteiger partial charge in [0.05, 0.1) is 12.8 Å². The van der Waals surface area contributed by atoms with Crippen molar-refractivity contribution in [3.8, 4) is 0 Å². The Morgan fingerprint density at radius 3 is 2.88 bits per heavy atom. The molecule has 1 aliphatic rings. The van der Waals surface area contributed by atoms with Gasteiger partial charge in [-0.2, -0.15) is 11.8 Å². The lowest BCUT2D eigenvalue weighted by molar-refractivity contribution is -0.147. The third kappa shape index (κ3) is 6.63. The molecule has 0 aromatic heterocycles. The van der Waals surface area contributed by atoms with E-state index in [2.05, 4.69) is 6.58 Å². The van der Waals surface area contributed by atoms with Crippen molar-refractivity contribution in [3.05, 3.63) is 12.2 Å². The molecule has 96 valence electrons. The third-order valence-electron chi connectivity index (χ3n) is 2.11. The third-order valence-corrected chi connectivity index (χ3v) is 4.92. The van der Waals surface area contributed by atoms with Gasteiger partial charge >= 0.3 is 11.9 Å². The molecule has 0 amide bonds. The molecule has 0 radical (unpaired) electrons. The van der Waals surface area contributed by atoms with Gasteiger partial charge in [-0.25, -0.2) is 0 Å². The van der Waals surface area contributed by atoms with E-state index in [9.17, 15) is 9.59 Å². The Hall–Kier alpha value is -0.620. The van der Waals surface area contributed by atoms with Crippen LogP contribution in [-0.4, -0.2) is 46.2 Å². The van der Waals surface area contributed by atoms with Crippen LogP contribution in [0.3, 0.4) is 0 Å². The van der Waals surface area contributed by atoms with Crippen LogP contribution in [0.25, 0.3) is 0 Å². The largest absolute Gasteiger partial charge is 0.481 e. The van der Waals surface area contributed by atoms with E-state index in [4.69, 9.17) is 9.84 Å². The van der Waals surface area contributed by atoms with E-state index in [0.717, 1.165) is 17.3 Å². The zero-order chi connectivity index (χ0) is 12.7. The number of carbonyl (C=O) groups excluding carboxylic acids is 1. The van der Waals surface area contributed by atoms with Gasteiger partial charge in [0.25, 0.3) is 0 Å². The van der Waals surface area contributed by atoms with Crippen LogP contribution in [-0.2, 0) is 14.3 Å². The quantitative estimate of drug-likeness (QED) is 0.610. The lowest BCUT2D eigenvalue weighted by Crippen LogP contribution is -2.18. The highest BCUT2D eigenvalue weighted by molar-refractivity contribution is 8.04. The van der Waals surface area contributed by atoms with Crippen LogP contribution in [0.15, 0.2) is 12.2 Å². The Morgan fingerprint density at radius 1 is 1.41 bits per heavy atom. The van der Waals surface area contributed by atoms with E-state index >= 15 is 0 Å². The Morgan fingerprint density at radius 2 is 2.18 bits per heavy atom. The molecule has 4 nitrogen and oxygen atoms in total. The van der Waals surface area contributed by atoms with Crippen molar-refractivity contribution < 1.29 is 19.4 Å². The summed E-state index contributed by atoms with van der Waals surface area (Å²) in [6.07, 6.45) is -0.214. The number of ether oxygens (including phenoxy) is 1. The molecule has 0 bridgehead atoms. The van der Waals surface area contributed by atoms with Crippen molar-refractivity contribution in [2.24, 2.45) is 0 Å². The molecule has 6 heteroatoms. The average Bonchev–Trinajstić information content (AvgIpc) is 2.48. The van der Waals surface area contributed by atoms with E-state index in [1.165, 1.54) is 5.57 Å². The molecule has 1 aliphatic heterocycles. The van der Waals surface area contributed by atoms with Crippen molar-refractivity contribution in [1.29, 1.82) is 0 Å². The SMILES string of the molecule is C=C1CSCC(COC(=O)CCC(=O)O)SC1. The van der Waals surface area contributed by atoms with Gasteiger partial charge < -0.3 is 9.84 Å². The molecule has 0 aromatic carbocycles. The zero-order valence-corrected chi connectivity index (χ0v) is 11.1. The topological polar surface area (TPSA) is 63.6 Å². The second kappa shape index (κ2) is 7.66. The maximum atomic E-state index is 11.2. The number of aliphatic carboxylic acids is 1. The highest BCUT2D eigenvalue weighted by Crippen LogP contribution is 2.25. The van der Waals surface area contributed by atoms with Gasteiger partial charge in [0.2, 0.25) is 0 Å². The highest BCUT2D eigenvalue weighted by Gasteiger charge is 2.17. The number of hydrogen-bond donors (Lipinski definition) is 1. The predicted molar refractivity (Wildman–Crippen MR) is 70.5 cm³/mol. The fourth-order valence-electron chi connectivity index (χ4n) is 1.22. The molecule has 0 aromatic rings. The molecule has 1 rings (SSSR count). The van der Waals surface area contributed by atoms with Gasteiger partial charge in [-0.3, -0.25) is 9.59 Å². The zero-order valence-electron chi connectivity index (χ0n) is 9.52. The number of hydrogen-bond acceptors (Lipinski definition) is 5. The van der Waals surface area contributed by atoms with Crippen LogP contribution in [0.2, 0.25) is 0 Å². The Bertz CT molecular complexity index is 304. The van der Waals surface area contributed by atoms with Crippen LogP contribution in [0.4, 0.5) is 0 Å². The molecule has 1 unspecified atom stereocenters. The second-order valence-electron chi connectivity index (χ2n) is 3.77. The van der Waals surface area contributed by atoms with Crippen LogP contribution >= 0.6 is 23.5 Å². The first-order valence-electron chi connectivity index (χ1n) is 5.31. The number of rotatable bonds is 5. The van der Waals surface area contributed by atoms with E-state index in [-0.39, 0.29) is 18.1 Å². The van der Waals surface area contributed by atoms with Gasteiger partial charge in [-0.1, -0.05) is 12.2 Å². The van der Waals surface area contributed by atoms with Crippen molar-refractivity contribution >= 4 is 35.5 Å². The molecular weight excluding hydrogens is 260 g/mol. The van der Waals surface area contributed by atoms with Gasteiger partial charge in [0.15, 0.2) is 0 Å². The van der Waals surface area contributed by atoms with Crippen LogP contribution in [0.5, 0.6) is 0 Å². The molecule has 1 N–H and O–H groups in total. The molecule has 1 fully saturated rings. The first-order chi connectivity index (χ1) is 8.08. The number of carboxylic acids is 1. The monoisotopic (exact) mass is 276 g/mol. The van der Waals surface area contributed by atoms with Crippen molar-refractivity contribution in [2.75, 3.05) is 23.9 Å². The van der Waals surface area contributed by atoms with Crippen LogP contribution in [0.1, 0.15) is 12.8 Å². The van der Waals surface area contributed by atoms with Crippen molar-refractivity contribution in [1.82, 2.24) is 0 Å². The van der Waals surface area contributed by atoms with E-state index in [1.54, 1.807) is 23.5 Å². The van der Waals surface area contributed by atoms with Gasteiger partial charge in [-0.15, -0.1) is 11.8 Å². The second-order valence-corrected chi connectivity index (χ2v) is 6.09. The normalized spacial score (nSPS) is 20.7. The number of carbonyl (C=O) groups is 2. The number of carboxylic acid groups (broad SMARTS) is 1. The van der Waals surface area contributed by atoms with E-state index < -0.39 is 11.9 Å². The predicted octanol–water partition coefficient (Wildman–Crippen LogP) is 1.80. The molecule has 0 spiro atoms. The summed E-state index contributed by atoms with van der Waals surface area (Å²) in [5, 5.41) is 8.71. The molecule has 1 atom stereocenters. The Balaban J connectivity index is 2.18. The fraction of sp³-hybridized carbons (Fsp3) is 0.636. The highest BCUT2D eigenvalue weighted by atomic mass is 32.2. The Kier molecular flexibility index (Phi) is 6.50. The Labute approximate surface area is 109 Å². The summed E-state index contributed by atoms with van der Waals surface area (Å²) in [5.41, 5.74) is 1.21. The molecule has 17 heavy (non-hydrogen) atoms. The van der Waals surface area contributed by atoms with Gasteiger partial charge in [-0.05, 0) is 0 Å². The number of esters is 1. The summed E-state index contributed by atoms with van der Waals surface area (Å²) < 4.78 is 5.06. The standard InChI is InChI=1S/C11H16O4S2/c1-8-5-16-7-9(17-6-8)4-15-11(14)3-2-10(12)13/h9H,1-7H2,(H,12,13). The summed E-state index contributed by atoms with van der Waals surface area (Å²) in [6, 6.07) is 0. The first-order valence-corrected chi connectivity index (χ1v) is 7.51. The molecule has 0 saturated carbocycles. The first kappa shape index (κ1) is 14.4. The van der Waals surface area contributed by atoms with E-state index in [1.807, 2.05) is 0 Å². The minimum atomic E-state index is -0.974. The van der Waals surface area contributed by atoms with E-state index in [0.29, 0.717) is 6.61 Å².